The molecule has 0 radical (unpaired) electrons. The fourth-order valence-electron chi connectivity index (χ4n) is 2.64. The maximum atomic E-state index is 11.6. The Hall–Kier alpha value is -2.76. The van der Waals surface area contributed by atoms with Crippen molar-refractivity contribution >= 4 is 11.0 Å². The van der Waals surface area contributed by atoms with Crippen molar-refractivity contribution in [3.8, 4) is 11.8 Å². The van der Waals surface area contributed by atoms with Crippen molar-refractivity contribution < 1.29 is 9.15 Å². The summed E-state index contributed by atoms with van der Waals surface area (Å²) in [7, 11) is 0. The van der Waals surface area contributed by atoms with E-state index in [-0.39, 0.29) is 11.6 Å². The van der Waals surface area contributed by atoms with Crippen LogP contribution in [0.3, 0.4) is 0 Å². The summed E-state index contributed by atoms with van der Waals surface area (Å²) in [6, 6.07) is 7.08. The fourth-order valence-corrected chi connectivity index (χ4v) is 2.64. The lowest BCUT2D eigenvalue weighted by molar-refractivity contribution is 0.427. The fraction of sp³-hybridized carbons (Fsp3) is 0.333. The molecule has 0 atom stereocenters. The van der Waals surface area contributed by atoms with Crippen LogP contribution in [0.1, 0.15) is 37.7 Å². The summed E-state index contributed by atoms with van der Waals surface area (Å²) in [4.78, 5) is 16.0. The quantitative estimate of drug-likeness (QED) is 0.669. The molecule has 6 nitrogen and oxygen atoms in total. The van der Waals surface area contributed by atoms with Gasteiger partial charge in [0.15, 0.2) is 0 Å². The van der Waals surface area contributed by atoms with Crippen LogP contribution in [-0.2, 0) is 19.3 Å². The van der Waals surface area contributed by atoms with Crippen LogP contribution in [0.4, 0.5) is 0 Å². The molecule has 2 aromatic heterocycles. The number of rotatable bonds is 5. The second-order valence-corrected chi connectivity index (χ2v) is 5.40. The van der Waals surface area contributed by atoms with Crippen molar-refractivity contribution in [3.05, 3.63) is 51.6 Å². The van der Waals surface area contributed by atoms with Crippen LogP contribution in [-0.4, -0.2) is 15.2 Å². The molecule has 0 aliphatic carbocycles. The molecule has 0 saturated heterocycles. The number of fused-ring (bicyclic) bond motifs is 1. The van der Waals surface area contributed by atoms with Gasteiger partial charge in [0.05, 0.1) is 11.4 Å². The number of nitrogens with zero attached hydrogens (tertiary/aromatic N) is 3. The van der Waals surface area contributed by atoms with Crippen LogP contribution in [0.15, 0.2) is 33.5 Å². The Morgan fingerprint density at radius 3 is 2.50 bits per heavy atom. The van der Waals surface area contributed by atoms with Gasteiger partial charge in [0.1, 0.15) is 11.3 Å². The molecule has 0 unspecified atom stereocenters. The highest BCUT2D eigenvalue weighted by Crippen LogP contribution is 2.25. The first-order valence-electron chi connectivity index (χ1n) is 8.11. The van der Waals surface area contributed by atoms with Crippen molar-refractivity contribution in [2.75, 3.05) is 0 Å². The molecule has 124 valence electrons. The molecule has 3 rings (SSSR count). The lowest BCUT2D eigenvalue weighted by Crippen LogP contribution is -2.04. The summed E-state index contributed by atoms with van der Waals surface area (Å²) in [6.45, 7) is 6.03. The Labute approximate surface area is 139 Å². The van der Waals surface area contributed by atoms with Gasteiger partial charge in [0.25, 0.3) is 0 Å². The molecule has 6 heteroatoms. The molecule has 1 aromatic carbocycles. The topological polar surface area (TPSA) is 78.1 Å². The molecule has 0 N–H and O–H groups in total. The van der Waals surface area contributed by atoms with E-state index in [1.807, 2.05) is 32.9 Å². The number of aryl methyl sites for hydroxylation is 3. The summed E-state index contributed by atoms with van der Waals surface area (Å²) >= 11 is 0. The lowest BCUT2D eigenvalue weighted by atomic mass is 10.1. The van der Waals surface area contributed by atoms with Crippen LogP contribution >= 0.6 is 0 Å². The van der Waals surface area contributed by atoms with Crippen LogP contribution in [0, 0.1) is 0 Å². The third-order valence-corrected chi connectivity index (χ3v) is 3.88. The van der Waals surface area contributed by atoms with E-state index in [1.54, 1.807) is 6.07 Å². The van der Waals surface area contributed by atoms with Crippen LogP contribution in [0.2, 0.25) is 0 Å². The zero-order valence-corrected chi connectivity index (χ0v) is 14.0. The molecular formula is C18H19N3O3. The van der Waals surface area contributed by atoms with Gasteiger partial charge in [0, 0.05) is 17.5 Å². The van der Waals surface area contributed by atoms with Crippen molar-refractivity contribution in [2.24, 2.45) is 0 Å². The van der Waals surface area contributed by atoms with Gasteiger partial charge in [0.2, 0.25) is 0 Å². The maximum absolute atomic E-state index is 11.6. The molecule has 0 aliphatic rings. The Balaban J connectivity index is 1.97. The normalized spacial score (nSPS) is 11.0. The summed E-state index contributed by atoms with van der Waals surface area (Å²) in [5.74, 6) is 0.506. The Morgan fingerprint density at radius 1 is 1.00 bits per heavy atom. The first-order valence-corrected chi connectivity index (χ1v) is 8.11. The third kappa shape index (κ3) is 3.13. The number of ether oxygens (including phenoxy) is 1. The highest BCUT2D eigenvalue weighted by molar-refractivity contribution is 5.81. The van der Waals surface area contributed by atoms with E-state index in [1.165, 1.54) is 6.07 Å². The van der Waals surface area contributed by atoms with Crippen molar-refractivity contribution in [3.63, 3.8) is 0 Å². The van der Waals surface area contributed by atoms with Gasteiger partial charge in [-0.3, -0.25) is 0 Å². The monoisotopic (exact) mass is 325 g/mol. The van der Waals surface area contributed by atoms with Gasteiger partial charge in [-0.1, -0.05) is 25.9 Å². The lowest BCUT2D eigenvalue weighted by Gasteiger charge is -2.08. The minimum Gasteiger partial charge on any atom is -0.423 e. The van der Waals surface area contributed by atoms with E-state index in [2.05, 4.69) is 15.2 Å². The smallest absolute Gasteiger partial charge is 0.341 e. The summed E-state index contributed by atoms with van der Waals surface area (Å²) in [5.41, 5.74) is 2.83. The average molecular weight is 325 g/mol. The minimum absolute atomic E-state index is 0.192. The highest BCUT2D eigenvalue weighted by atomic mass is 16.5. The molecule has 0 saturated carbocycles. The van der Waals surface area contributed by atoms with Crippen LogP contribution in [0.5, 0.6) is 11.8 Å². The second kappa shape index (κ2) is 6.78. The van der Waals surface area contributed by atoms with E-state index < -0.39 is 0 Å². The van der Waals surface area contributed by atoms with Crippen LogP contribution in [0.25, 0.3) is 11.0 Å². The van der Waals surface area contributed by atoms with Gasteiger partial charge < -0.3 is 9.15 Å². The Kier molecular flexibility index (Phi) is 4.55. The van der Waals surface area contributed by atoms with Crippen molar-refractivity contribution in [1.82, 2.24) is 15.2 Å². The predicted octanol–water partition coefficient (Wildman–Crippen LogP) is 3.46. The van der Waals surface area contributed by atoms with E-state index in [4.69, 9.17) is 9.15 Å². The van der Waals surface area contributed by atoms with Gasteiger partial charge >= 0.3 is 11.6 Å². The van der Waals surface area contributed by atoms with Gasteiger partial charge in [-0.15, -0.1) is 5.10 Å². The Bertz CT molecular complexity index is 934. The molecule has 0 aliphatic heterocycles. The molecule has 3 aromatic rings. The molecule has 24 heavy (non-hydrogen) atoms. The Morgan fingerprint density at radius 2 is 1.79 bits per heavy atom. The second-order valence-electron chi connectivity index (χ2n) is 5.40. The zero-order valence-electron chi connectivity index (χ0n) is 14.0. The molecule has 2 heterocycles. The standard InChI is InChI=1S/C18H19N3O3/c1-4-11-9-17(22)24-16-10-12(7-8-13(11)16)23-18-19-14(5-2)15(6-3)20-21-18/h7-10H,4-6H2,1-3H3. The minimum atomic E-state index is -0.366. The van der Waals surface area contributed by atoms with E-state index in [9.17, 15) is 4.79 Å². The SMILES string of the molecule is CCc1nnc(Oc2ccc3c(CC)cc(=O)oc3c2)nc1CC. The van der Waals surface area contributed by atoms with Crippen LogP contribution < -0.4 is 10.4 Å². The van der Waals surface area contributed by atoms with Crippen molar-refractivity contribution in [1.29, 1.82) is 0 Å². The summed E-state index contributed by atoms with van der Waals surface area (Å²) in [6.07, 6.45) is 2.31. The van der Waals surface area contributed by atoms with E-state index >= 15 is 0 Å². The predicted molar refractivity (Wildman–Crippen MR) is 90.5 cm³/mol. The average Bonchev–Trinajstić information content (AvgIpc) is 2.60. The molecule has 0 fully saturated rings. The van der Waals surface area contributed by atoms with Gasteiger partial charge in [-0.05, 0) is 37.0 Å². The molecular weight excluding hydrogens is 306 g/mol. The molecule has 0 spiro atoms. The van der Waals surface area contributed by atoms with E-state index in [0.29, 0.717) is 11.3 Å². The van der Waals surface area contributed by atoms with Gasteiger partial charge in [-0.2, -0.15) is 4.98 Å². The maximum Gasteiger partial charge on any atom is 0.341 e. The third-order valence-electron chi connectivity index (χ3n) is 3.88. The molecule has 0 amide bonds. The number of hydrogen-bond donors (Lipinski definition) is 0. The summed E-state index contributed by atoms with van der Waals surface area (Å²) < 4.78 is 11.0. The highest BCUT2D eigenvalue weighted by Gasteiger charge is 2.10. The first kappa shape index (κ1) is 16.1. The first-order chi connectivity index (χ1) is 11.6. The number of aromatic nitrogens is 3. The van der Waals surface area contributed by atoms with E-state index in [0.717, 1.165) is 41.6 Å². The molecule has 0 bridgehead atoms. The zero-order chi connectivity index (χ0) is 17.1. The van der Waals surface area contributed by atoms with Gasteiger partial charge in [-0.25, -0.2) is 4.79 Å². The number of benzene rings is 1. The largest absolute Gasteiger partial charge is 0.423 e. The number of hydrogen-bond acceptors (Lipinski definition) is 6. The summed E-state index contributed by atoms with van der Waals surface area (Å²) in [5, 5.41) is 9.07. The van der Waals surface area contributed by atoms with Crippen molar-refractivity contribution in [2.45, 2.75) is 40.0 Å².